The third-order valence-electron chi connectivity index (χ3n) is 3.29. The number of aliphatic hydroxyl groups is 1. The first-order valence-electron chi connectivity index (χ1n) is 6.20. The van der Waals surface area contributed by atoms with Crippen molar-refractivity contribution in [2.75, 3.05) is 19.7 Å². The maximum absolute atomic E-state index is 12.1. The molecule has 5 heteroatoms. The molecule has 0 bridgehead atoms. The molecule has 1 N–H and O–H groups in total. The topological polar surface area (TPSA) is 66.6 Å². The first-order valence-corrected chi connectivity index (χ1v) is 6.20. The van der Waals surface area contributed by atoms with Crippen LogP contribution in [0.4, 0.5) is 0 Å². The van der Waals surface area contributed by atoms with Crippen LogP contribution in [0.2, 0.25) is 0 Å². The molecule has 3 rings (SSSR count). The molecule has 2 aromatic rings. The summed E-state index contributed by atoms with van der Waals surface area (Å²) in [6.07, 6.45) is 0. The molecule has 1 aliphatic rings. The molecule has 0 aliphatic carbocycles. The number of benzene rings is 1. The molecule has 0 radical (unpaired) electrons. The van der Waals surface area contributed by atoms with Crippen molar-refractivity contribution in [2.45, 2.75) is 0 Å². The molecule has 2 heterocycles. The highest BCUT2D eigenvalue weighted by molar-refractivity contribution is 5.93. The summed E-state index contributed by atoms with van der Waals surface area (Å²) in [5, 5.41) is 12.8. The van der Waals surface area contributed by atoms with Gasteiger partial charge in [-0.2, -0.15) is 0 Å². The van der Waals surface area contributed by atoms with Crippen LogP contribution in [0.5, 0.6) is 0 Å². The number of aromatic nitrogens is 1. The van der Waals surface area contributed by atoms with Crippen molar-refractivity contribution in [3.63, 3.8) is 0 Å². The molecule has 0 atom stereocenters. The van der Waals surface area contributed by atoms with E-state index in [-0.39, 0.29) is 18.4 Å². The van der Waals surface area contributed by atoms with Gasteiger partial charge in [-0.15, -0.1) is 0 Å². The Morgan fingerprint density at radius 1 is 1.37 bits per heavy atom. The molecule has 5 nitrogen and oxygen atoms in total. The van der Waals surface area contributed by atoms with Crippen LogP contribution in [0.1, 0.15) is 10.5 Å². The van der Waals surface area contributed by atoms with Crippen molar-refractivity contribution >= 4 is 5.91 Å². The third kappa shape index (κ3) is 2.24. The molecule has 1 amide bonds. The average molecular weight is 258 g/mol. The number of rotatable bonds is 3. The van der Waals surface area contributed by atoms with Gasteiger partial charge in [0.15, 0.2) is 11.5 Å². The van der Waals surface area contributed by atoms with Gasteiger partial charge >= 0.3 is 0 Å². The van der Waals surface area contributed by atoms with Gasteiger partial charge < -0.3 is 14.5 Å². The van der Waals surface area contributed by atoms with Crippen LogP contribution >= 0.6 is 0 Å². The maximum Gasteiger partial charge on any atom is 0.276 e. The van der Waals surface area contributed by atoms with Gasteiger partial charge in [-0.1, -0.05) is 35.5 Å². The number of aliphatic hydroxyl groups excluding tert-OH is 1. The molecular formula is C14H14N2O3. The fourth-order valence-electron chi connectivity index (χ4n) is 2.13. The molecule has 98 valence electrons. The Labute approximate surface area is 110 Å². The Bertz CT molecular complexity index is 573. The molecule has 0 spiro atoms. The monoisotopic (exact) mass is 258 g/mol. The van der Waals surface area contributed by atoms with Crippen molar-refractivity contribution in [3.05, 3.63) is 42.1 Å². The van der Waals surface area contributed by atoms with E-state index in [2.05, 4.69) is 5.16 Å². The fraction of sp³-hybridized carbons (Fsp3) is 0.286. The first-order chi connectivity index (χ1) is 9.28. The Kier molecular flexibility index (Phi) is 3.05. The minimum absolute atomic E-state index is 0.123. The number of nitrogens with zero attached hydrogens (tertiary/aromatic N) is 2. The lowest BCUT2D eigenvalue weighted by atomic mass is 10.0. The minimum atomic E-state index is -0.143. The fourth-order valence-corrected chi connectivity index (χ4v) is 2.13. The van der Waals surface area contributed by atoms with E-state index >= 15 is 0 Å². The maximum atomic E-state index is 12.1. The lowest BCUT2D eigenvalue weighted by Crippen LogP contribution is -2.51. The summed E-state index contributed by atoms with van der Waals surface area (Å²) in [5.41, 5.74) is 1.21. The Hall–Kier alpha value is -2.14. The predicted octanol–water partition coefficient (Wildman–Crippen LogP) is 1.41. The standard InChI is InChI=1S/C14H14N2O3/c17-9-10-7-16(8-10)14(18)12-6-13(19-15-12)11-4-2-1-3-5-11/h1-6,10,17H,7-9H2. The van der Waals surface area contributed by atoms with Crippen LogP contribution < -0.4 is 0 Å². The summed E-state index contributed by atoms with van der Waals surface area (Å²) in [4.78, 5) is 13.7. The van der Waals surface area contributed by atoms with E-state index in [0.717, 1.165) is 5.56 Å². The third-order valence-corrected chi connectivity index (χ3v) is 3.29. The molecule has 19 heavy (non-hydrogen) atoms. The van der Waals surface area contributed by atoms with Gasteiger partial charge in [0.1, 0.15) is 0 Å². The molecule has 0 unspecified atom stereocenters. The number of hydrogen-bond donors (Lipinski definition) is 1. The second kappa shape index (κ2) is 4.85. The van der Waals surface area contributed by atoms with E-state index in [1.165, 1.54) is 0 Å². The van der Waals surface area contributed by atoms with Gasteiger partial charge in [0.05, 0.1) is 0 Å². The number of amides is 1. The zero-order valence-corrected chi connectivity index (χ0v) is 10.3. The van der Waals surface area contributed by atoms with Crippen LogP contribution in [0.25, 0.3) is 11.3 Å². The van der Waals surface area contributed by atoms with Gasteiger partial charge in [-0.05, 0) is 0 Å². The molecule has 1 aliphatic heterocycles. The Morgan fingerprint density at radius 3 is 2.79 bits per heavy atom. The van der Waals surface area contributed by atoms with Crippen molar-refractivity contribution in [1.82, 2.24) is 10.1 Å². The number of carbonyl (C=O) groups excluding carboxylic acids is 1. The van der Waals surface area contributed by atoms with Gasteiger partial charge in [-0.3, -0.25) is 4.79 Å². The first kappa shape index (κ1) is 11.9. The van der Waals surface area contributed by atoms with Crippen LogP contribution in [0.15, 0.2) is 40.9 Å². The number of hydrogen-bond acceptors (Lipinski definition) is 4. The average Bonchev–Trinajstić information content (AvgIpc) is 2.88. The van der Waals surface area contributed by atoms with E-state index in [0.29, 0.717) is 24.5 Å². The summed E-state index contributed by atoms with van der Waals surface area (Å²) in [7, 11) is 0. The lowest BCUT2D eigenvalue weighted by molar-refractivity contribution is 0.0353. The van der Waals surface area contributed by atoms with E-state index in [9.17, 15) is 4.79 Å². The predicted molar refractivity (Wildman–Crippen MR) is 68.4 cm³/mol. The SMILES string of the molecule is O=C(c1cc(-c2ccccc2)on1)N1CC(CO)C1. The van der Waals surface area contributed by atoms with Crippen LogP contribution in [0, 0.1) is 5.92 Å². The van der Waals surface area contributed by atoms with E-state index in [4.69, 9.17) is 9.63 Å². The largest absolute Gasteiger partial charge is 0.396 e. The summed E-state index contributed by atoms with van der Waals surface area (Å²) in [6.45, 7) is 1.30. The zero-order chi connectivity index (χ0) is 13.2. The summed E-state index contributed by atoms with van der Waals surface area (Å²) in [6, 6.07) is 11.2. The van der Waals surface area contributed by atoms with Crippen LogP contribution in [0.3, 0.4) is 0 Å². The highest BCUT2D eigenvalue weighted by atomic mass is 16.5. The molecule has 1 saturated heterocycles. The van der Waals surface area contributed by atoms with E-state index in [1.807, 2.05) is 30.3 Å². The second-order valence-corrected chi connectivity index (χ2v) is 4.70. The van der Waals surface area contributed by atoms with Crippen LogP contribution in [-0.4, -0.2) is 40.8 Å². The minimum Gasteiger partial charge on any atom is -0.396 e. The van der Waals surface area contributed by atoms with Crippen LogP contribution in [-0.2, 0) is 0 Å². The van der Waals surface area contributed by atoms with Crippen molar-refractivity contribution in [2.24, 2.45) is 5.92 Å². The molecule has 1 aromatic heterocycles. The molecule has 1 aromatic carbocycles. The Balaban J connectivity index is 1.73. The highest BCUT2D eigenvalue weighted by Crippen LogP contribution is 2.22. The normalized spacial score (nSPS) is 15.3. The van der Waals surface area contributed by atoms with Crippen molar-refractivity contribution < 1.29 is 14.4 Å². The Morgan fingerprint density at radius 2 is 2.11 bits per heavy atom. The van der Waals surface area contributed by atoms with Crippen molar-refractivity contribution in [3.8, 4) is 11.3 Å². The van der Waals surface area contributed by atoms with Gasteiger partial charge in [0, 0.05) is 37.2 Å². The van der Waals surface area contributed by atoms with Gasteiger partial charge in [0.25, 0.3) is 5.91 Å². The molecule has 1 fully saturated rings. The van der Waals surface area contributed by atoms with Crippen molar-refractivity contribution in [1.29, 1.82) is 0 Å². The summed E-state index contributed by atoms with van der Waals surface area (Å²) < 4.78 is 5.20. The molecular weight excluding hydrogens is 244 g/mol. The summed E-state index contributed by atoms with van der Waals surface area (Å²) in [5.74, 6) is 0.642. The number of likely N-dealkylation sites (tertiary alicyclic amines) is 1. The lowest BCUT2D eigenvalue weighted by Gasteiger charge is -2.37. The quantitative estimate of drug-likeness (QED) is 0.903. The van der Waals surface area contributed by atoms with E-state index in [1.54, 1.807) is 11.0 Å². The van der Waals surface area contributed by atoms with E-state index < -0.39 is 0 Å². The van der Waals surface area contributed by atoms with Gasteiger partial charge in [0.2, 0.25) is 0 Å². The zero-order valence-electron chi connectivity index (χ0n) is 10.3. The second-order valence-electron chi connectivity index (χ2n) is 4.70. The summed E-state index contributed by atoms with van der Waals surface area (Å²) >= 11 is 0. The highest BCUT2D eigenvalue weighted by Gasteiger charge is 2.32. The van der Waals surface area contributed by atoms with Gasteiger partial charge in [-0.25, -0.2) is 0 Å². The smallest absolute Gasteiger partial charge is 0.276 e. The molecule has 0 saturated carbocycles. The number of carbonyl (C=O) groups is 1.